The van der Waals surface area contributed by atoms with Gasteiger partial charge in [0.15, 0.2) is 0 Å². The van der Waals surface area contributed by atoms with Crippen LogP contribution in [0, 0.1) is 0 Å². The SMILES string of the molecule is c1ccc2c(c1)B1c3nc4ccccc4n3-c3ccccc3N1c1ccccc1-2. The molecule has 0 saturated carbocycles. The summed E-state index contributed by atoms with van der Waals surface area (Å²) in [4.78, 5) is 7.60. The largest absolute Gasteiger partial charge is 0.372 e. The first kappa shape index (κ1) is 15.2. The zero-order valence-corrected chi connectivity index (χ0v) is 15.7. The topological polar surface area (TPSA) is 21.1 Å². The Morgan fingerprint density at radius 2 is 1.24 bits per heavy atom. The van der Waals surface area contributed by atoms with E-state index in [4.69, 9.17) is 4.98 Å². The summed E-state index contributed by atoms with van der Waals surface area (Å²) in [6.07, 6.45) is 0. The van der Waals surface area contributed by atoms with E-state index in [1.54, 1.807) is 0 Å². The van der Waals surface area contributed by atoms with Gasteiger partial charge in [0.05, 0.1) is 22.4 Å². The molecule has 0 radical (unpaired) electrons. The second-order valence-corrected chi connectivity index (χ2v) is 7.66. The number of anilines is 2. The number of para-hydroxylation sites is 5. The number of rotatable bonds is 0. The Balaban J connectivity index is 1.67. The molecular formula is C25H16BN3. The van der Waals surface area contributed by atoms with Gasteiger partial charge in [0.25, 0.3) is 0 Å². The normalized spacial score (nSPS) is 13.4. The molecule has 0 fully saturated rings. The van der Waals surface area contributed by atoms with Crippen LogP contribution in [0.25, 0.3) is 27.8 Å². The van der Waals surface area contributed by atoms with Gasteiger partial charge in [0.2, 0.25) is 0 Å². The lowest BCUT2D eigenvalue weighted by Crippen LogP contribution is -2.62. The predicted octanol–water partition coefficient (Wildman–Crippen LogP) is 4.26. The molecule has 4 aromatic carbocycles. The van der Waals surface area contributed by atoms with Gasteiger partial charge < -0.3 is 4.81 Å². The molecule has 134 valence electrons. The van der Waals surface area contributed by atoms with Crippen LogP contribution in [0.3, 0.4) is 0 Å². The van der Waals surface area contributed by atoms with Crippen LogP contribution in [0.5, 0.6) is 0 Å². The minimum Gasteiger partial charge on any atom is -0.372 e. The number of aromatic nitrogens is 2. The highest BCUT2D eigenvalue weighted by atomic mass is 15.2. The summed E-state index contributed by atoms with van der Waals surface area (Å²) < 4.78 is 2.34. The maximum atomic E-state index is 5.13. The number of hydrogen-bond acceptors (Lipinski definition) is 2. The van der Waals surface area contributed by atoms with Gasteiger partial charge in [-0.1, -0.05) is 66.7 Å². The maximum absolute atomic E-state index is 5.13. The van der Waals surface area contributed by atoms with Crippen LogP contribution in [0.15, 0.2) is 97.1 Å². The molecule has 3 heterocycles. The van der Waals surface area contributed by atoms with E-state index in [0.717, 1.165) is 16.8 Å². The molecule has 0 saturated heterocycles. The van der Waals surface area contributed by atoms with Gasteiger partial charge in [-0.2, -0.15) is 0 Å². The van der Waals surface area contributed by atoms with E-state index in [-0.39, 0.29) is 6.85 Å². The zero-order chi connectivity index (χ0) is 18.9. The highest BCUT2D eigenvalue weighted by molar-refractivity contribution is 6.90. The van der Waals surface area contributed by atoms with Crippen molar-refractivity contribution in [2.75, 3.05) is 4.81 Å². The molecule has 0 bridgehead atoms. The Labute approximate surface area is 169 Å². The molecule has 0 N–H and O–H groups in total. The zero-order valence-electron chi connectivity index (χ0n) is 15.7. The van der Waals surface area contributed by atoms with Gasteiger partial charge in [-0.25, -0.2) is 4.98 Å². The molecular weight excluding hydrogens is 353 g/mol. The lowest BCUT2D eigenvalue weighted by atomic mass is 9.48. The molecule has 4 heteroatoms. The van der Waals surface area contributed by atoms with Crippen LogP contribution >= 0.6 is 0 Å². The van der Waals surface area contributed by atoms with Gasteiger partial charge in [0.1, 0.15) is 5.72 Å². The third kappa shape index (κ3) is 1.86. The third-order valence-corrected chi connectivity index (χ3v) is 6.18. The van der Waals surface area contributed by atoms with Crippen LogP contribution in [-0.4, -0.2) is 16.4 Å². The first-order valence-corrected chi connectivity index (χ1v) is 9.96. The van der Waals surface area contributed by atoms with Gasteiger partial charge in [-0.15, -0.1) is 0 Å². The Bertz CT molecular complexity index is 1440. The molecule has 7 rings (SSSR count). The number of fused-ring (bicyclic) bond motifs is 13. The van der Waals surface area contributed by atoms with E-state index in [0.29, 0.717) is 0 Å². The van der Waals surface area contributed by atoms with Crippen molar-refractivity contribution in [1.29, 1.82) is 0 Å². The molecule has 5 aromatic rings. The molecule has 0 spiro atoms. The van der Waals surface area contributed by atoms with Crippen LogP contribution in [-0.2, 0) is 0 Å². The lowest BCUT2D eigenvalue weighted by Gasteiger charge is -2.42. The summed E-state index contributed by atoms with van der Waals surface area (Å²) in [6.45, 7) is 0.0448. The maximum Gasteiger partial charge on any atom is 0.371 e. The smallest absolute Gasteiger partial charge is 0.371 e. The molecule has 29 heavy (non-hydrogen) atoms. The summed E-state index contributed by atoms with van der Waals surface area (Å²) in [7, 11) is 0. The van der Waals surface area contributed by atoms with Gasteiger partial charge in [-0.05, 0) is 41.4 Å². The quantitative estimate of drug-likeness (QED) is 0.380. The van der Waals surface area contributed by atoms with Crippen molar-refractivity contribution >= 4 is 40.4 Å². The van der Waals surface area contributed by atoms with Crippen LogP contribution in [0.2, 0.25) is 0 Å². The van der Waals surface area contributed by atoms with E-state index in [1.165, 1.54) is 33.7 Å². The molecule has 3 nitrogen and oxygen atoms in total. The number of imidazole rings is 1. The molecule has 1 aromatic heterocycles. The summed E-state index contributed by atoms with van der Waals surface area (Å²) >= 11 is 0. The van der Waals surface area contributed by atoms with E-state index in [2.05, 4.69) is 106 Å². The van der Waals surface area contributed by atoms with Crippen molar-refractivity contribution in [2.45, 2.75) is 0 Å². The van der Waals surface area contributed by atoms with Crippen molar-refractivity contribution in [3.63, 3.8) is 0 Å². The fourth-order valence-corrected chi connectivity index (χ4v) is 5.03. The van der Waals surface area contributed by atoms with E-state index >= 15 is 0 Å². The summed E-state index contributed by atoms with van der Waals surface area (Å²) in [5, 5.41) is 0. The van der Waals surface area contributed by atoms with Crippen LogP contribution < -0.4 is 16.0 Å². The Kier molecular flexibility index (Phi) is 2.82. The van der Waals surface area contributed by atoms with Crippen molar-refractivity contribution < 1.29 is 0 Å². The summed E-state index contributed by atoms with van der Waals surface area (Å²) in [5.74, 6) is 0. The molecule has 0 atom stereocenters. The Morgan fingerprint density at radius 3 is 2.14 bits per heavy atom. The fraction of sp³-hybridized carbons (Fsp3) is 0. The average molecular weight is 369 g/mol. The minimum absolute atomic E-state index is 0.0448. The second kappa shape index (κ2) is 5.39. The molecule has 0 amide bonds. The standard InChI is InChI=1S/C25H16BN3/c1-3-11-19-17(9-1)18-10-2-5-13-21(18)29-24-16-8-7-15-23(24)28-22-14-6-4-12-20(22)27-25(28)26(19)29/h1-16H. The first-order chi connectivity index (χ1) is 14.4. The fourth-order valence-electron chi connectivity index (χ4n) is 5.03. The van der Waals surface area contributed by atoms with Crippen molar-refractivity contribution in [2.24, 2.45) is 0 Å². The average Bonchev–Trinajstić information content (AvgIpc) is 3.18. The minimum atomic E-state index is 0.0448. The lowest BCUT2D eigenvalue weighted by molar-refractivity contribution is 1.10. The third-order valence-electron chi connectivity index (χ3n) is 6.18. The van der Waals surface area contributed by atoms with E-state index in [9.17, 15) is 0 Å². The first-order valence-electron chi connectivity index (χ1n) is 9.96. The van der Waals surface area contributed by atoms with Gasteiger partial charge in [0, 0.05) is 11.3 Å². The highest BCUT2D eigenvalue weighted by Gasteiger charge is 2.44. The predicted molar refractivity (Wildman–Crippen MR) is 120 cm³/mol. The van der Waals surface area contributed by atoms with Gasteiger partial charge in [-0.3, -0.25) is 4.57 Å². The molecule has 0 aliphatic carbocycles. The molecule has 2 aliphatic heterocycles. The number of hydrogen-bond donors (Lipinski definition) is 0. The molecule has 2 aliphatic rings. The van der Waals surface area contributed by atoms with Crippen molar-refractivity contribution in [3.05, 3.63) is 97.1 Å². The van der Waals surface area contributed by atoms with Crippen molar-refractivity contribution in [3.8, 4) is 16.8 Å². The summed E-state index contributed by atoms with van der Waals surface area (Å²) in [5.41, 5.74) is 10.8. The van der Waals surface area contributed by atoms with Gasteiger partial charge >= 0.3 is 6.85 Å². The number of benzene rings is 4. The van der Waals surface area contributed by atoms with E-state index in [1.807, 2.05) is 0 Å². The second-order valence-electron chi connectivity index (χ2n) is 7.66. The van der Waals surface area contributed by atoms with Crippen molar-refractivity contribution in [1.82, 2.24) is 9.55 Å². The van der Waals surface area contributed by atoms with Crippen LogP contribution in [0.4, 0.5) is 11.4 Å². The van der Waals surface area contributed by atoms with Crippen LogP contribution in [0.1, 0.15) is 0 Å². The number of nitrogens with zero attached hydrogens (tertiary/aromatic N) is 3. The van der Waals surface area contributed by atoms with E-state index < -0.39 is 0 Å². The Hall–Kier alpha value is -3.79. The summed E-state index contributed by atoms with van der Waals surface area (Å²) in [6, 6.07) is 34.6. The highest BCUT2D eigenvalue weighted by Crippen LogP contribution is 2.43. The Morgan fingerprint density at radius 1 is 0.586 bits per heavy atom. The molecule has 0 unspecified atom stereocenters. The monoisotopic (exact) mass is 369 g/mol.